The zero-order valence-corrected chi connectivity index (χ0v) is 21.3. The highest BCUT2D eigenvalue weighted by Gasteiger charge is 2.15. The number of amides is 1. The monoisotopic (exact) mass is 543 g/mol. The quantitative estimate of drug-likeness (QED) is 0.202. The Morgan fingerprint density at radius 1 is 1.10 bits per heavy atom. The van der Waals surface area contributed by atoms with E-state index in [0.29, 0.717) is 31.5 Å². The molecule has 0 radical (unpaired) electrons. The van der Waals surface area contributed by atoms with E-state index in [9.17, 15) is 4.79 Å². The highest BCUT2D eigenvalue weighted by Crippen LogP contribution is 2.19. The fourth-order valence-electron chi connectivity index (χ4n) is 2.58. The van der Waals surface area contributed by atoms with Gasteiger partial charge in [0, 0.05) is 38.7 Å². The van der Waals surface area contributed by atoms with Gasteiger partial charge in [-0.1, -0.05) is 17.7 Å². The molecule has 1 heterocycles. The van der Waals surface area contributed by atoms with E-state index in [0.717, 1.165) is 24.1 Å². The normalized spacial score (nSPS) is 11.5. The van der Waals surface area contributed by atoms with E-state index in [4.69, 9.17) is 9.15 Å². The molecular weight excluding hydrogens is 509 g/mol. The Morgan fingerprint density at radius 2 is 1.74 bits per heavy atom. The first-order valence-electron chi connectivity index (χ1n) is 10.2. The van der Waals surface area contributed by atoms with E-state index < -0.39 is 11.7 Å². The summed E-state index contributed by atoms with van der Waals surface area (Å²) in [5.74, 6) is 1.33. The second-order valence-corrected chi connectivity index (χ2v) is 7.97. The summed E-state index contributed by atoms with van der Waals surface area (Å²) in [6, 6.07) is 8.10. The summed E-state index contributed by atoms with van der Waals surface area (Å²) in [7, 11) is 1.72. The fraction of sp³-hybridized carbons (Fsp3) is 0.500. The molecule has 0 unspecified atom stereocenters. The highest BCUT2D eigenvalue weighted by atomic mass is 127. The Kier molecular flexibility index (Phi) is 11.4. The van der Waals surface area contributed by atoms with Crippen molar-refractivity contribution in [1.82, 2.24) is 20.9 Å². The van der Waals surface area contributed by atoms with Crippen LogP contribution in [0.4, 0.5) is 4.79 Å². The van der Waals surface area contributed by atoms with Crippen molar-refractivity contribution in [3.63, 3.8) is 0 Å². The van der Waals surface area contributed by atoms with Crippen molar-refractivity contribution in [2.45, 2.75) is 46.1 Å². The van der Waals surface area contributed by atoms with Crippen LogP contribution in [0, 0.1) is 6.92 Å². The molecule has 9 heteroatoms. The van der Waals surface area contributed by atoms with Crippen LogP contribution in [0.5, 0.6) is 0 Å². The van der Waals surface area contributed by atoms with Gasteiger partial charge in [0.15, 0.2) is 5.96 Å². The molecule has 0 saturated heterocycles. The number of ether oxygens (including phenoxy) is 1. The van der Waals surface area contributed by atoms with Gasteiger partial charge in [0.25, 0.3) is 0 Å². The van der Waals surface area contributed by atoms with Gasteiger partial charge in [-0.15, -0.1) is 24.0 Å². The first kappa shape index (κ1) is 26.7. The number of aliphatic imine (C=N–C) groups is 1. The number of nitrogens with one attached hydrogen (secondary N) is 3. The van der Waals surface area contributed by atoms with Crippen LogP contribution in [0.3, 0.4) is 0 Å². The zero-order chi connectivity index (χ0) is 22.0. The number of aryl methyl sites for hydroxylation is 1. The van der Waals surface area contributed by atoms with Crippen LogP contribution in [0.1, 0.15) is 38.4 Å². The van der Waals surface area contributed by atoms with Gasteiger partial charge in [0.1, 0.15) is 11.9 Å². The first-order chi connectivity index (χ1) is 14.3. The summed E-state index contributed by atoms with van der Waals surface area (Å²) >= 11 is 0. The minimum Gasteiger partial charge on any atom is -0.444 e. The molecule has 31 heavy (non-hydrogen) atoms. The van der Waals surface area contributed by atoms with Gasteiger partial charge in [-0.05, 0) is 46.2 Å². The predicted molar refractivity (Wildman–Crippen MR) is 134 cm³/mol. The van der Waals surface area contributed by atoms with Crippen molar-refractivity contribution in [2.75, 3.05) is 26.7 Å². The number of hydrogen-bond donors (Lipinski definition) is 3. The summed E-state index contributed by atoms with van der Waals surface area (Å²) in [5.41, 5.74) is 2.57. The lowest BCUT2D eigenvalue weighted by molar-refractivity contribution is 0.0527. The molecule has 0 aliphatic heterocycles. The Labute approximate surface area is 201 Å². The third-order valence-corrected chi connectivity index (χ3v) is 4.06. The first-order valence-corrected chi connectivity index (χ1v) is 10.2. The maximum atomic E-state index is 11.6. The van der Waals surface area contributed by atoms with Gasteiger partial charge >= 0.3 is 6.09 Å². The molecule has 3 N–H and O–H groups in total. The molecule has 0 bridgehead atoms. The lowest BCUT2D eigenvalue weighted by atomic mass is 10.1. The van der Waals surface area contributed by atoms with Gasteiger partial charge < -0.3 is 25.1 Å². The van der Waals surface area contributed by atoms with E-state index >= 15 is 0 Å². The maximum Gasteiger partial charge on any atom is 0.407 e. The van der Waals surface area contributed by atoms with Crippen molar-refractivity contribution < 1.29 is 13.9 Å². The SMILES string of the molecule is CN=C(NCCCNC(=O)OC(C)(C)C)NCCc1coc(-c2ccc(C)cc2)n1.I. The second kappa shape index (κ2) is 13.2. The molecule has 0 atom stereocenters. The number of nitrogens with zero attached hydrogens (tertiary/aromatic N) is 2. The van der Waals surface area contributed by atoms with E-state index in [-0.39, 0.29) is 24.0 Å². The highest BCUT2D eigenvalue weighted by molar-refractivity contribution is 14.0. The average Bonchev–Trinajstić information content (AvgIpc) is 3.14. The number of hydrogen-bond acceptors (Lipinski definition) is 5. The number of halogens is 1. The number of benzene rings is 1. The van der Waals surface area contributed by atoms with Gasteiger partial charge in [0.05, 0.1) is 5.69 Å². The Balaban J connectivity index is 0.00000480. The van der Waals surface area contributed by atoms with Crippen molar-refractivity contribution in [3.05, 3.63) is 41.8 Å². The van der Waals surface area contributed by atoms with Crippen molar-refractivity contribution in [2.24, 2.45) is 4.99 Å². The van der Waals surface area contributed by atoms with Crippen LogP contribution in [0.15, 0.2) is 39.9 Å². The summed E-state index contributed by atoms with van der Waals surface area (Å²) < 4.78 is 10.8. The van der Waals surface area contributed by atoms with Gasteiger partial charge in [-0.3, -0.25) is 4.99 Å². The van der Waals surface area contributed by atoms with Gasteiger partial charge in [-0.25, -0.2) is 9.78 Å². The third kappa shape index (κ3) is 10.5. The Morgan fingerprint density at radius 3 is 2.39 bits per heavy atom. The smallest absolute Gasteiger partial charge is 0.407 e. The van der Waals surface area contributed by atoms with Crippen LogP contribution in [0.25, 0.3) is 11.5 Å². The number of rotatable bonds is 8. The number of aromatic nitrogens is 1. The molecule has 2 aromatic rings. The van der Waals surface area contributed by atoms with E-state index in [1.54, 1.807) is 13.3 Å². The molecule has 1 aromatic carbocycles. The van der Waals surface area contributed by atoms with Crippen molar-refractivity contribution >= 4 is 36.0 Å². The topological polar surface area (TPSA) is 101 Å². The maximum absolute atomic E-state index is 11.6. The molecular formula is C22H34IN5O3. The lowest BCUT2D eigenvalue weighted by Gasteiger charge is -2.19. The van der Waals surface area contributed by atoms with Crippen LogP contribution >= 0.6 is 24.0 Å². The van der Waals surface area contributed by atoms with Crippen LogP contribution < -0.4 is 16.0 Å². The third-order valence-electron chi connectivity index (χ3n) is 4.06. The van der Waals surface area contributed by atoms with Crippen molar-refractivity contribution in [1.29, 1.82) is 0 Å². The number of guanidine groups is 1. The average molecular weight is 543 g/mol. The number of alkyl carbamates (subject to hydrolysis) is 1. The number of carbonyl (C=O) groups excluding carboxylic acids is 1. The van der Waals surface area contributed by atoms with Crippen molar-refractivity contribution in [3.8, 4) is 11.5 Å². The molecule has 0 spiro atoms. The molecule has 0 aliphatic carbocycles. The molecule has 1 amide bonds. The fourth-order valence-corrected chi connectivity index (χ4v) is 2.58. The summed E-state index contributed by atoms with van der Waals surface area (Å²) in [5, 5.41) is 9.20. The minimum atomic E-state index is -0.487. The largest absolute Gasteiger partial charge is 0.444 e. The molecule has 8 nitrogen and oxygen atoms in total. The lowest BCUT2D eigenvalue weighted by Crippen LogP contribution is -2.40. The van der Waals surface area contributed by atoms with Crippen LogP contribution in [0.2, 0.25) is 0 Å². The predicted octanol–water partition coefficient (Wildman–Crippen LogP) is 3.89. The number of oxazole rings is 1. The Bertz CT molecular complexity index is 828. The van der Waals surface area contributed by atoms with E-state index in [2.05, 4.69) is 32.9 Å². The van der Waals surface area contributed by atoms with Crippen LogP contribution in [-0.2, 0) is 11.2 Å². The Hall–Kier alpha value is -2.30. The molecule has 0 saturated carbocycles. The van der Waals surface area contributed by atoms with E-state index in [1.807, 2.05) is 45.0 Å². The molecule has 2 rings (SSSR count). The summed E-state index contributed by atoms with van der Waals surface area (Å²) in [6.45, 7) is 9.45. The molecule has 0 aliphatic rings. The molecule has 172 valence electrons. The summed E-state index contributed by atoms with van der Waals surface area (Å²) in [4.78, 5) is 20.3. The minimum absolute atomic E-state index is 0. The second-order valence-electron chi connectivity index (χ2n) is 7.97. The van der Waals surface area contributed by atoms with Crippen LogP contribution in [-0.4, -0.2) is 49.3 Å². The standard InChI is InChI=1S/C22H33N5O3.HI/c1-16-7-9-17(10-8-16)19-27-18(15-29-19)11-14-25-20(23-5)24-12-6-13-26-21(28)30-22(2,3)4;/h7-10,15H,6,11-14H2,1-5H3,(H,26,28)(H2,23,24,25);1H. The summed E-state index contributed by atoms with van der Waals surface area (Å²) in [6.07, 6.45) is 2.76. The van der Waals surface area contributed by atoms with Gasteiger partial charge in [0.2, 0.25) is 5.89 Å². The van der Waals surface area contributed by atoms with E-state index in [1.165, 1.54) is 5.56 Å². The van der Waals surface area contributed by atoms with Gasteiger partial charge in [-0.2, -0.15) is 0 Å². The number of carbonyl (C=O) groups is 1. The molecule has 1 aromatic heterocycles. The zero-order valence-electron chi connectivity index (χ0n) is 18.9. The molecule has 0 fully saturated rings.